The molecule has 1 saturated carbocycles. The number of aryl methyl sites for hydroxylation is 1. The van der Waals surface area contributed by atoms with E-state index in [2.05, 4.69) is 34.6 Å². The number of nitrogens with one attached hydrogen (secondary N) is 1. The van der Waals surface area contributed by atoms with E-state index in [-0.39, 0.29) is 0 Å². The first-order valence-corrected chi connectivity index (χ1v) is 6.16. The van der Waals surface area contributed by atoms with Crippen molar-refractivity contribution < 1.29 is 0 Å². The zero-order valence-corrected chi connectivity index (χ0v) is 9.69. The average Bonchev–Trinajstić information content (AvgIpc) is 2.90. The Morgan fingerprint density at radius 1 is 1.31 bits per heavy atom. The van der Waals surface area contributed by atoms with E-state index in [1.165, 1.54) is 12.8 Å². The van der Waals surface area contributed by atoms with Crippen molar-refractivity contribution in [2.45, 2.75) is 19.8 Å². The van der Waals surface area contributed by atoms with Gasteiger partial charge in [-0.05, 0) is 49.7 Å². The maximum Gasteiger partial charge on any atom is 0.0527 e. The molecule has 2 aliphatic carbocycles. The number of fused-ring (bicyclic) bond motifs is 2. The summed E-state index contributed by atoms with van der Waals surface area (Å²) in [5.74, 6) is 2.53. The second-order valence-corrected chi connectivity index (χ2v) is 5.11. The van der Waals surface area contributed by atoms with Crippen molar-refractivity contribution in [1.82, 2.24) is 4.98 Å². The minimum absolute atomic E-state index is 0.830. The average molecular weight is 214 g/mol. The van der Waals surface area contributed by atoms with Gasteiger partial charge in [-0.1, -0.05) is 12.2 Å². The highest BCUT2D eigenvalue weighted by Crippen LogP contribution is 2.43. The normalized spacial score (nSPS) is 30.9. The molecule has 3 unspecified atom stereocenters. The number of hydrogen-bond acceptors (Lipinski definition) is 2. The highest BCUT2D eigenvalue weighted by atomic mass is 14.9. The van der Waals surface area contributed by atoms with Gasteiger partial charge in [-0.15, -0.1) is 0 Å². The largest absolute Gasteiger partial charge is 0.384 e. The lowest BCUT2D eigenvalue weighted by atomic mass is 9.93. The third-order valence-corrected chi connectivity index (χ3v) is 3.90. The maximum absolute atomic E-state index is 4.30. The fourth-order valence-electron chi connectivity index (χ4n) is 2.95. The Morgan fingerprint density at radius 2 is 2.25 bits per heavy atom. The Kier molecular flexibility index (Phi) is 2.43. The van der Waals surface area contributed by atoms with Crippen LogP contribution in [0.4, 0.5) is 5.69 Å². The zero-order chi connectivity index (χ0) is 11.0. The van der Waals surface area contributed by atoms with E-state index in [0.29, 0.717) is 0 Å². The van der Waals surface area contributed by atoms with Crippen LogP contribution in [-0.2, 0) is 0 Å². The topological polar surface area (TPSA) is 24.9 Å². The molecule has 1 aromatic heterocycles. The van der Waals surface area contributed by atoms with E-state index >= 15 is 0 Å². The number of anilines is 1. The van der Waals surface area contributed by atoms with Gasteiger partial charge in [-0.3, -0.25) is 4.98 Å². The van der Waals surface area contributed by atoms with E-state index in [0.717, 1.165) is 35.7 Å². The summed E-state index contributed by atoms with van der Waals surface area (Å²) in [6.07, 6.45) is 9.49. The Labute approximate surface area is 96.8 Å². The third kappa shape index (κ3) is 1.84. The van der Waals surface area contributed by atoms with Crippen molar-refractivity contribution in [1.29, 1.82) is 0 Å². The van der Waals surface area contributed by atoms with E-state index in [9.17, 15) is 0 Å². The van der Waals surface area contributed by atoms with E-state index in [1.54, 1.807) is 0 Å². The number of hydrogen-bond donors (Lipinski definition) is 1. The van der Waals surface area contributed by atoms with Crippen molar-refractivity contribution in [3.8, 4) is 0 Å². The van der Waals surface area contributed by atoms with Crippen LogP contribution in [0, 0.1) is 24.7 Å². The van der Waals surface area contributed by atoms with Crippen LogP contribution in [0.5, 0.6) is 0 Å². The van der Waals surface area contributed by atoms with Gasteiger partial charge in [0.15, 0.2) is 0 Å². The second kappa shape index (κ2) is 3.93. The third-order valence-electron chi connectivity index (χ3n) is 3.90. The van der Waals surface area contributed by atoms with Crippen molar-refractivity contribution >= 4 is 5.69 Å². The van der Waals surface area contributed by atoms with Crippen LogP contribution in [0.1, 0.15) is 18.5 Å². The first-order chi connectivity index (χ1) is 7.81. The summed E-state index contributed by atoms with van der Waals surface area (Å²) >= 11 is 0. The smallest absolute Gasteiger partial charge is 0.0527 e. The van der Waals surface area contributed by atoms with Gasteiger partial charge in [0.25, 0.3) is 0 Å². The molecule has 1 N–H and O–H groups in total. The van der Waals surface area contributed by atoms with Gasteiger partial charge < -0.3 is 5.32 Å². The summed E-state index contributed by atoms with van der Waals surface area (Å²) in [5, 5.41) is 3.50. The molecular formula is C14H18N2. The van der Waals surface area contributed by atoms with Crippen LogP contribution in [0.2, 0.25) is 0 Å². The number of nitrogens with zero attached hydrogens (tertiary/aromatic N) is 1. The van der Waals surface area contributed by atoms with Gasteiger partial charge in [-0.25, -0.2) is 0 Å². The first kappa shape index (κ1) is 9.88. The Bertz CT molecular complexity index is 394. The predicted molar refractivity (Wildman–Crippen MR) is 66.3 cm³/mol. The summed E-state index contributed by atoms with van der Waals surface area (Å²) < 4.78 is 0. The lowest BCUT2D eigenvalue weighted by molar-refractivity contribution is 0.472. The van der Waals surface area contributed by atoms with Crippen molar-refractivity contribution in [3.05, 3.63) is 36.2 Å². The number of rotatable bonds is 3. The van der Waals surface area contributed by atoms with Crippen LogP contribution in [0.15, 0.2) is 30.5 Å². The molecule has 2 heteroatoms. The Hall–Kier alpha value is -1.31. The molecule has 2 aliphatic rings. The van der Waals surface area contributed by atoms with Crippen molar-refractivity contribution in [2.24, 2.45) is 17.8 Å². The highest BCUT2D eigenvalue weighted by Gasteiger charge is 2.35. The molecule has 3 rings (SSSR count). The molecule has 0 aromatic carbocycles. The Morgan fingerprint density at radius 3 is 2.88 bits per heavy atom. The molecule has 0 aliphatic heterocycles. The predicted octanol–water partition coefficient (Wildman–Crippen LogP) is 3.01. The fourth-order valence-corrected chi connectivity index (χ4v) is 2.95. The molecule has 16 heavy (non-hydrogen) atoms. The van der Waals surface area contributed by atoms with E-state index in [1.807, 2.05) is 13.1 Å². The number of allylic oxidation sites excluding steroid dienone is 2. The highest BCUT2D eigenvalue weighted by molar-refractivity contribution is 5.41. The van der Waals surface area contributed by atoms with Crippen LogP contribution in [-0.4, -0.2) is 11.5 Å². The monoisotopic (exact) mass is 214 g/mol. The van der Waals surface area contributed by atoms with Gasteiger partial charge in [0.05, 0.1) is 11.9 Å². The molecule has 1 aromatic rings. The maximum atomic E-state index is 4.30. The summed E-state index contributed by atoms with van der Waals surface area (Å²) in [7, 11) is 0. The van der Waals surface area contributed by atoms with Crippen molar-refractivity contribution in [2.75, 3.05) is 11.9 Å². The molecule has 3 atom stereocenters. The molecule has 84 valence electrons. The second-order valence-electron chi connectivity index (χ2n) is 5.11. The lowest BCUT2D eigenvalue weighted by Crippen LogP contribution is -2.18. The van der Waals surface area contributed by atoms with Gasteiger partial charge in [0, 0.05) is 12.2 Å². The summed E-state index contributed by atoms with van der Waals surface area (Å²) in [4.78, 5) is 4.30. The van der Waals surface area contributed by atoms with Crippen LogP contribution < -0.4 is 5.32 Å². The van der Waals surface area contributed by atoms with E-state index in [4.69, 9.17) is 0 Å². The van der Waals surface area contributed by atoms with Crippen LogP contribution >= 0.6 is 0 Å². The first-order valence-electron chi connectivity index (χ1n) is 6.16. The minimum Gasteiger partial charge on any atom is -0.384 e. The molecular weight excluding hydrogens is 196 g/mol. The minimum atomic E-state index is 0.830. The van der Waals surface area contributed by atoms with Gasteiger partial charge in [0.1, 0.15) is 0 Å². The van der Waals surface area contributed by atoms with E-state index < -0.39 is 0 Å². The summed E-state index contributed by atoms with van der Waals surface area (Å²) in [6.45, 7) is 3.11. The van der Waals surface area contributed by atoms with Gasteiger partial charge in [-0.2, -0.15) is 0 Å². The molecule has 1 fully saturated rings. The quantitative estimate of drug-likeness (QED) is 0.782. The van der Waals surface area contributed by atoms with Gasteiger partial charge >= 0.3 is 0 Å². The van der Waals surface area contributed by atoms with Gasteiger partial charge in [0.2, 0.25) is 0 Å². The lowest BCUT2D eigenvalue weighted by Gasteiger charge is -2.19. The Balaban J connectivity index is 1.57. The molecule has 0 amide bonds. The number of aromatic nitrogens is 1. The zero-order valence-electron chi connectivity index (χ0n) is 9.69. The molecule has 0 radical (unpaired) electrons. The molecule has 1 heterocycles. The van der Waals surface area contributed by atoms with Crippen LogP contribution in [0.25, 0.3) is 0 Å². The number of pyridine rings is 1. The van der Waals surface area contributed by atoms with Crippen molar-refractivity contribution in [3.63, 3.8) is 0 Å². The molecule has 2 nitrogen and oxygen atoms in total. The fraction of sp³-hybridized carbons (Fsp3) is 0.500. The standard InChI is InChI=1S/C14H18N2/c1-10-2-5-14(9-15-10)16-8-13-7-11-3-4-12(13)6-11/h2-5,9,11-13,16H,6-8H2,1H3. The summed E-state index contributed by atoms with van der Waals surface area (Å²) in [6, 6.07) is 4.18. The SMILES string of the molecule is Cc1ccc(NCC2CC3C=CC2C3)cn1. The molecule has 0 saturated heterocycles. The molecule has 0 spiro atoms. The summed E-state index contributed by atoms with van der Waals surface area (Å²) in [5.41, 5.74) is 2.23. The molecule has 2 bridgehead atoms. The van der Waals surface area contributed by atoms with Crippen LogP contribution in [0.3, 0.4) is 0 Å².